The third kappa shape index (κ3) is 3.11. The van der Waals surface area contributed by atoms with Gasteiger partial charge in [-0.25, -0.2) is 0 Å². The molecular formula is C12H19BrN2O. The molecule has 0 atom stereocenters. The molecule has 0 aliphatic carbocycles. The Bertz CT molecular complexity index is 354. The Morgan fingerprint density at radius 3 is 2.31 bits per heavy atom. The summed E-state index contributed by atoms with van der Waals surface area (Å²) in [7, 11) is 1.90. The van der Waals surface area contributed by atoms with Gasteiger partial charge in [0.25, 0.3) is 5.91 Å². The number of halogens is 1. The summed E-state index contributed by atoms with van der Waals surface area (Å²) in [6.45, 7) is 5.85. The zero-order valence-electron chi connectivity index (χ0n) is 10.2. The molecule has 0 aliphatic heterocycles. The third-order valence-corrected chi connectivity index (χ3v) is 2.90. The second-order valence-electron chi connectivity index (χ2n) is 3.95. The normalized spacial score (nSPS) is 10.5. The Hall–Kier alpha value is -0.770. The van der Waals surface area contributed by atoms with Gasteiger partial charge in [-0.3, -0.25) is 4.79 Å². The molecule has 1 amide bonds. The number of aromatic nitrogens is 1. The van der Waals surface area contributed by atoms with Gasteiger partial charge in [-0.05, 0) is 34.8 Å². The largest absolute Gasteiger partial charge is 0.345 e. The van der Waals surface area contributed by atoms with Crippen LogP contribution in [0.2, 0.25) is 0 Å². The van der Waals surface area contributed by atoms with Crippen molar-refractivity contribution in [1.29, 1.82) is 0 Å². The first-order valence-corrected chi connectivity index (χ1v) is 6.50. The van der Waals surface area contributed by atoms with Gasteiger partial charge < -0.3 is 9.47 Å². The first-order valence-electron chi connectivity index (χ1n) is 5.71. The predicted molar refractivity (Wildman–Crippen MR) is 69.6 cm³/mol. The van der Waals surface area contributed by atoms with Crippen molar-refractivity contribution >= 4 is 21.8 Å². The Labute approximate surface area is 106 Å². The van der Waals surface area contributed by atoms with Crippen LogP contribution in [0, 0.1) is 0 Å². The summed E-state index contributed by atoms with van der Waals surface area (Å²) in [5.74, 6) is 0.122. The SMILES string of the molecule is CCCN(CCC)C(=O)c1cc(Br)cn1C. The molecular weight excluding hydrogens is 268 g/mol. The van der Waals surface area contributed by atoms with Gasteiger partial charge in [0, 0.05) is 30.8 Å². The van der Waals surface area contributed by atoms with E-state index in [1.54, 1.807) is 0 Å². The monoisotopic (exact) mass is 286 g/mol. The summed E-state index contributed by atoms with van der Waals surface area (Å²) >= 11 is 3.39. The van der Waals surface area contributed by atoms with E-state index in [4.69, 9.17) is 0 Å². The Morgan fingerprint density at radius 1 is 1.38 bits per heavy atom. The Kier molecular flexibility index (Phi) is 5.06. The molecule has 1 aromatic heterocycles. The highest BCUT2D eigenvalue weighted by atomic mass is 79.9. The van der Waals surface area contributed by atoms with Gasteiger partial charge in [0.2, 0.25) is 0 Å². The molecule has 0 radical (unpaired) electrons. The maximum absolute atomic E-state index is 12.2. The molecule has 16 heavy (non-hydrogen) atoms. The fourth-order valence-corrected chi connectivity index (χ4v) is 2.28. The van der Waals surface area contributed by atoms with Crippen LogP contribution in [-0.4, -0.2) is 28.5 Å². The first kappa shape index (κ1) is 13.3. The van der Waals surface area contributed by atoms with Gasteiger partial charge in [-0.1, -0.05) is 13.8 Å². The van der Waals surface area contributed by atoms with Gasteiger partial charge in [-0.2, -0.15) is 0 Å². The van der Waals surface area contributed by atoms with E-state index in [0.717, 1.165) is 36.1 Å². The Morgan fingerprint density at radius 2 is 1.94 bits per heavy atom. The summed E-state index contributed by atoms with van der Waals surface area (Å²) in [6, 6.07) is 1.88. The number of carbonyl (C=O) groups excluding carboxylic acids is 1. The zero-order valence-corrected chi connectivity index (χ0v) is 11.7. The second-order valence-corrected chi connectivity index (χ2v) is 4.86. The molecule has 0 aliphatic rings. The smallest absolute Gasteiger partial charge is 0.270 e. The van der Waals surface area contributed by atoms with E-state index < -0.39 is 0 Å². The average molecular weight is 287 g/mol. The molecule has 0 spiro atoms. The van der Waals surface area contributed by atoms with E-state index in [-0.39, 0.29) is 5.91 Å². The van der Waals surface area contributed by atoms with E-state index >= 15 is 0 Å². The summed E-state index contributed by atoms with van der Waals surface area (Å²) < 4.78 is 2.82. The number of rotatable bonds is 5. The molecule has 1 rings (SSSR count). The summed E-state index contributed by atoms with van der Waals surface area (Å²) in [4.78, 5) is 14.2. The molecule has 1 heterocycles. The number of hydrogen-bond acceptors (Lipinski definition) is 1. The van der Waals surface area contributed by atoms with Crippen molar-refractivity contribution < 1.29 is 4.79 Å². The average Bonchev–Trinajstić information content (AvgIpc) is 2.56. The minimum Gasteiger partial charge on any atom is -0.345 e. The maximum atomic E-state index is 12.2. The maximum Gasteiger partial charge on any atom is 0.270 e. The summed E-state index contributed by atoms with van der Waals surface area (Å²) in [6.07, 6.45) is 3.90. The summed E-state index contributed by atoms with van der Waals surface area (Å²) in [5.41, 5.74) is 0.744. The molecule has 3 nitrogen and oxygen atoms in total. The number of amides is 1. The van der Waals surface area contributed by atoms with E-state index in [2.05, 4.69) is 29.8 Å². The van der Waals surface area contributed by atoms with Crippen LogP contribution < -0.4 is 0 Å². The van der Waals surface area contributed by atoms with Crippen molar-refractivity contribution in [3.8, 4) is 0 Å². The van der Waals surface area contributed by atoms with E-state index in [9.17, 15) is 4.79 Å². The fourth-order valence-electron chi connectivity index (χ4n) is 1.75. The first-order chi connectivity index (χ1) is 7.60. The van der Waals surface area contributed by atoms with Gasteiger partial charge in [0.05, 0.1) is 0 Å². The van der Waals surface area contributed by atoms with Gasteiger partial charge in [0.1, 0.15) is 5.69 Å². The quantitative estimate of drug-likeness (QED) is 0.817. The molecule has 0 saturated heterocycles. The van der Waals surface area contributed by atoms with Crippen LogP contribution in [0.5, 0.6) is 0 Å². The summed E-state index contributed by atoms with van der Waals surface area (Å²) in [5, 5.41) is 0. The number of aryl methyl sites for hydroxylation is 1. The topological polar surface area (TPSA) is 25.2 Å². The number of nitrogens with zero attached hydrogens (tertiary/aromatic N) is 2. The molecule has 90 valence electrons. The van der Waals surface area contributed by atoms with Crippen molar-refractivity contribution in [1.82, 2.24) is 9.47 Å². The number of carbonyl (C=O) groups is 1. The second kappa shape index (κ2) is 6.09. The molecule has 0 saturated carbocycles. The van der Waals surface area contributed by atoms with E-state index in [1.165, 1.54) is 0 Å². The van der Waals surface area contributed by atoms with Crippen LogP contribution in [0.1, 0.15) is 37.2 Å². The van der Waals surface area contributed by atoms with Crippen molar-refractivity contribution in [2.24, 2.45) is 7.05 Å². The van der Waals surface area contributed by atoms with Crippen molar-refractivity contribution in [3.63, 3.8) is 0 Å². The molecule has 0 N–H and O–H groups in total. The number of hydrogen-bond donors (Lipinski definition) is 0. The highest BCUT2D eigenvalue weighted by Gasteiger charge is 2.17. The van der Waals surface area contributed by atoms with Crippen molar-refractivity contribution in [2.75, 3.05) is 13.1 Å². The van der Waals surface area contributed by atoms with Crippen LogP contribution in [0.25, 0.3) is 0 Å². The lowest BCUT2D eigenvalue weighted by Crippen LogP contribution is -2.33. The van der Waals surface area contributed by atoms with Gasteiger partial charge in [0.15, 0.2) is 0 Å². The molecule has 4 heteroatoms. The lowest BCUT2D eigenvalue weighted by Gasteiger charge is -2.21. The van der Waals surface area contributed by atoms with Crippen LogP contribution >= 0.6 is 15.9 Å². The predicted octanol–water partition coefficient (Wildman–Crippen LogP) is 3.05. The van der Waals surface area contributed by atoms with Gasteiger partial charge >= 0.3 is 0 Å². The highest BCUT2D eigenvalue weighted by Crippen LogP contribution is 2.15. The van der Waals surface area contributed by atoms with Crippen molar-refractivity contribution in [2.45, 2.75) is 26.7 Å². The standard InChI is InChI=1S/C12H19BrN2O/c1-4-6-15(7-5-2)12(16)11-8-10(13)9-14(11)3/h8-9H,4-7H2,1-3H3. The van der Waals surface area contributed by atoms with Crippen LogP contribution in [0.4, 0.5) is 0 Å². The highest BCUT2D eigenvalue weighted by molar-refractivity contribution is 9.10. The minimum absolute atomic E-state index is 0.122. The lowest BCUT2D eigenvalue weighted by atomic mass is 10.3. The molecule has 1 aromatic rings. The molecule has 0 aromatic carbocycles. The zero-order chi connectivity index (χ0) is 12.1. The molecule has 0 unspecified atom stereocenters. The fraction of sp³-hybridized carbons (Fsp3) is 0.583. The van der Waals surface area contributed by atoms with Crippen molar-refractivity contribution in [3.05, 3.63) is 22.4 Å². The minimum atomic E-state index is 0.122. The third-order valence-electron chi connectivity index (χ3n) is 2.46. The Balaban J connectivity index is 2.85. The molecule has 0 bridgehead atoms. The van der Waals surface area contributed by atoms with Crippen LogP contribution in [-0.2, 0) is 7.05 Å². The van der Waals surface area contributed by atoms with Crippen LogP contribution in [0.15, 0.2) is 16.7 Å². The van der Waals surface area contributed by atoms with E-state index in [0.29, 0.717) is 0 Å². The van der Waals surface area contributed by atoms with Crippen LogP contribution in [0.3, 0.4) is 0 Å². The van der Waals surface area contributed by atoms with E-state index in [1.807, 2.05) is 28.8 Å². The lowest BCUT2D eigenvalue weighted by molar-refractivity contribution is 0.0746. The van der Waals surface area contributed by atoms with Gasteiger partial charge in [-0.15, -0.1) is 0 Å². The molecule has 0 fully saturated rings.